The first kappa shape index (κ1) is 21.6. The number of carbonyl (C=O) groups excluding carboxylic acids is 2. The average molecular weight is 444 g/mol. The smallest absolute Gasteiger partial charge is 0.260 e. The van der Waals surface area contributed by atoms with Crippen LogP contribution in [0.15, 0.2) is 48.8 Å². The highest BCUT2D eigenvalue weighted by Gasteiger charge is 2.51. The molecule has 8 heteroatoms. The Kier molecular flexibility index (Phi) is 6.73. The number of halogens is 1. The maximum absolute atomic E-state index is 13.1. The molecule has 3 heterocycles. The number of pyridine rings is 1. The van der Waals surface area contributed by atoms with E-state index in [2.05, 4.69) is 10.3 Å². The fourth-order valence-corrected chi connectivity index (χ4v) is 4.51. The van der Waals surface area contributed by atoms with Crippen LogP contribution in [-0.2, 0) is 20.9 Å². The van der Waals surface area contributed by atoms with E-state index in [-0.39, 0.29) is 29.8 Å². The van der Waals surface area contributed by atoms with Crippen molar-refractivity contribution < 1.29 is 19.1 Å². The van der Waals surface area contributed by atoms with Crippen LogP contribution in [0.1, 0.15) is 18.4 Å². The fraction of sp³-hybridized carbons (Fsp3) is 0.435. The molecular weight excluding hydrogens is 418 g/mol. The highest BCUT2D eigenvalue weighted by atomic mass is 35.5. The molecule has 2 saturated heterocycles. The van der Waals surface area contributed by atoms with Crippen LogP contribution in [0, 0.1) is 11.3 Å². The Labute approximate surface area is 186 Å². The van der Waals surface area contributed by atoms with Crippen LogP contribution in [0.5, 0.6) is 5.75 Å². The van der Waals surface area contributed by atoms with E-state index in [1.807, 2.05) is 12.1 Å². The molecule has 0 aliphatic carbocycles. The fourth-order valence-electron chi connectivity index (χ4n) is 4.38. The van der Waals surface area contributed by atoms with Crippen molar-refractivity contribution in [2.45, 2.75) is 19.4 Å². The van der Waals surface area contributed by atoms with Crippen molar-refractivity contribution in [3.05, 3.63) is 59.4 Å². The predicted molar refractivity (Wildman–Crippen MR) is 116 cm³/mol. The van der Waals surface area contributed by atoms with Crippen LogP contribution in [0.25, 0.3) is 0 Å². The molecule has 0 bridgehead atoms. The molecule has 1 spiro atoms. The molecule has 0 saturated carbocycles. The van der Waals surface area contributed by atoms with Crippen molar-refractivity contribution in [3.8, 4) is 5.75 Å². The third kappa shape index (κ3) is 5.17. The van der Waals surface area contributed by atoms with Crippen molar-refractivity contribution in [2.24, 2.45) is 11.3 Å². The van der Waals surface area contributed by atoms with Crippen LogP contribution in [-0.4, -0.2) is 54.6 Å². The standard InChI is InChI=1S/C23H26ClN3O4/c24-18-1-3-19(4-2-18)31-15-21(28)27-14-20(23(16-27)7-11-30-12-8-23)22(29)26-13-17-5-9-25-10-6-17/h1-6,9-10,20H,7-8,11-16H2,(H,26,29). The SMILES string of the molecule is O=C(NCc1ccncc1)C1CN(C(=O)COc2ccc(Cl)cc2)CC12CCOCC2. The van der Waals surface area contributed by atoms with Gasteiger partial charge >= 0.3 is 0 Å². The van der Waals surface area contributed by atoms with E-state index in [4.69, 9.17) is 21.1 Å². The first-order valence-electron chi connectivity index (χ1n) is 10.5. The van der Waals surface area contributed by atoms with E-state index in [0.29, 0.717) is 43.6 Å². The number of hydrogen-bond donors (Lipinski definition) is 1. The number of likely N-dealkylation sites (tertiary alicyclic amines) is 1. The van der Waals surface area contributed by atoms with Crippen molar-refractivity contribution in [2.75, 3.05) is 32.9 Å². The van der Waals surface area contributed by atoms with Crippen LogP contribution < -0.4 is 10.1 Å². The van der Waals surface area contributed by atoms with Crippen molar-refractivity contribution >= 4 is 23.4 Å². The highest BCUT2D eigenvalue weighted by Crippen LogP contribution is 2.44. The molecule has 1 atom stereocenters. The van der Waals surface area contributed by atoms with Gasteiger partial charge in [0.25, 0.3) is 5.91 Å². The largest absolute Gasteiger partial charge is 0.484 e. The Morgan fingerprint density at radius 1 is 1.16 bits per heavy atom. The van der Waals surface area contributed by atoms with Gasteiger partial charge in [0, 0.05) is 55.7 Å². The number of aromatic nitrogens is 1. The van der Waals surface area contributed by atoms with Gasteiger partial charge in [-0.05, 0) is 54.8 Å². The summed E-state index contributed by atoms with van der Waals surface area (Å²) in [7, 11) is 0. The number of benzene rings is 1. The number of ether oxygens (including phenoxy) is 2. The van der Waals surface area contributed by atoms with Crippen LogP contribution >= 0.6 is 11.6 Å². The molecule has 1 aromatic carbocycles. The number of nitrogens with one attached hydrogen (secondary N) is 1. The molecule has 1 unspecified atom stereocenters. The van der Waals surface area contributed by atoms with Gasteiger partial charge in [-0.2, -0.15) is 0 Å². The van der Waals surface area contributed by atoms with Crippen LogP contribution in [0.2, 0.25) is 5.02 Å². The summed E-state index contributed by atoms with van der Waals surface area (Å²) >= 11 is 5.89. The minimum atomic E-state index is -0.266. The molecule has 2 amide bonds. The number of hydrogen-bond acceptors (Lipinski definition) is 5. The average Bonchev–Trinajstić information content (AvgIpc) is 3.16. The van der Waals surface area contributed by atoms with Crippen molar-refractivity contribution in [3.63, 3.8) is 0 Å². The molecule has 1 N–H and O–H groups in total. The van der Waals surface area contributed by atoms with Gasteiger partial charge in [-0.3, -0.25) is 14.6 Å². The van der Waals surface area contributed by atoms with Crippen molar-refractivity contribution in [1.29, 1.82) is 0 Å². The molecule has 2 fully saturated rings. The second-order valence-corrected chi connectivity index (χ2v) is 8.55. The van der Waals surface area contributed by atoms with E-state index in [9.17, 15) is 9.59 Å². The maximum atomic E-state index is 13.1. The van der Waals surface area contributed by atoms with E-state index in [1.54, 1.807) is 41.6 Å². The Balaban J connectivity index is 1.40. The quantitative estimate of drug-likeness (QED) is 0.742. The number of nitrogens with zero attached hydrogens (tertiary/aromatic N) is 2. The topological polar surface area (TPSA) is 80.8 Å². The lowest BCUT2D eigenvalue weighted by Crippen LogP contribution is -2.44. The van der Waals surface area contributed by atoms with E-state index in [1.165, 1.54) is 0 Å². The first-order valence-corrected chi connectivity index (χ1v) is 10.8. The summed E-state index contributed by atoms with van der Waals surface area (Å²) in [6.45, 7) is 2.53. The van der Waals surface area contributed by atoms with Gasteiger partial charge in [0.1, 0.15) is 5.75 Å². The second-order valence-electron chi connectivity index (χ2n) is 8.12. The zero-order valence-electron chi connectivity index (χ0n) is 17.3. The van der Waals surface area contributed by atoms with Gasteiger partial charge in [-0.1, -0.05) is 11.6 Å². The third-order valence-corrected chi connectivity index (χ3v) is 6.45. The highest BCUT2D eigenvalue weighted by molar-refractivity contribution is 6.30. The Morgan fingerprint density at radius 3 is 2.58 bits per heavy atom. The Hall–Kier alpha value is -2.64. The normalized spacial score (nSPS) is 19.9. The summed E-state index contributed by atoms with van der Waals surface area (Å²) in [4.78, 5) is 31.8. The first-order chi connectivity index (χ1) is 15.1. The summed E-state index contributed by atoms with van der Waals surface area (Å²) in [5.41, 5.74) is 0.739. The van der Waals surface area contributed by atoms with E-state index in [0.717, 1.165) is 18.4 Å². The molecule has 2 aliphatic heterocycles. The van der Waals surface area contributed by atoms with Gasteiger partial charge in [-0.15, -0.1) is 0 Å². The molecule has 31 heavy (non-hydrogen) atoms. The molecule has 0 radical (unpaired) electrons. The Morgan fingerprint density at radius 2 is 1.87 bits per heavy atom. The predicted octanol–water partition coefficient (Wildman–Crippen LogP) is 2.69. The Bertz CT molecular complexity index is 901. The summed E-state index contributed by atoms with van der Waals surface area (Å²) in [5, 5.41) is 3.66. The number of carbonyl (C=O) groups is 2. The van der Waals surface area contributed by atoms with Gasteiger partial charge < -0.3 is 19.7 Å². The molecule has 4 rings (SSSR count). The number of amides is 2. The van der Waals surface area contributed by atoms with Gasteiger partial charge in [0.2, 0.25) is 5.91 Å². The minimum absolute atomic E-state index is 0.0207. The lowest BCUT2D eigenvalue weighted by Gasteiger charge is -2.37. The molecule has 7 nitrogen and oxygen atoms in total. The molecule has 2 aliphatic rings. The van der Waals surface area contributed by atoms with Crippen molar-refractivity contribution in [1.82, 2.24) is 15.2 Å². The monoisotopic (exact) mass is 443 g/mol. The zero-order chi connectivity index (χ0) is 21.7. The van der Waals surface area contributed by atoms with Gasteiger partial charge in [0.05, 0.1) is 5.92 Å². The summed E-state index contributed by atoms with van der Waals surface area (Å²) in [6.07, 6.45) is 4.94. The van der Waals surface area contributed by atoms with Crippen LogP contribution in [0.3, 0.4) is 0 Å². The lowest BCUT2D eigenvalue weighted by atomic mass is 9.71. The summed E-state index contributed by atoms with van der Waals surface area (Å²) in [6, 6.07) is 10.7. The molecule has 1 aromatic heterocycles. The molecule has 164 valence electrons. The lowest BCUT2D eigenvalue weighted by molar-refractivity contribution is -0.133. The zero-order valence-corrected chi connectivity index (χ0v) is 18.0. The summed E-state index contributed by atoms with van der Waals surface area (Å²) in [5.74, 6) is 0.181. The third-order valence-electron chi connectivity index (χ3n) is 6.20. The number of rotatable bonds is 6. The molecular formula is C23H26ClN3O4. The second kappa shape index (κ2) is 9.66. The summed E-state index contributed by atoms with van der Waals surface area (Å²) < 4.78 is 11.2. The van der Waals surface area contributed by atoms with Crippen LogP contribution in [0.4, 0.5) is 0 Å². The minimum Gasteiger partial charge on any atom is -0.484 e. The van der Waals surface area contributed by atoms with Gasteiger partial charge in [-0.25, -0.2) is 0 Å². The van der Waals surface area contributed by atoms with E-state index >= 15 is 0 Å². The molecule has 2 aromatic rings. The van der Waals surface area contributed by atoms with E-state index < -0.39 is 0 Å². The van der Waals surface area contributed by atoms with Gasteiger partial charge in [0.15, 0.2) is 6.61 Å². The maximum Gasteiger partial charge on any atom is 0.260 e.